The molecule has 0 aliphatic carbocycles. The Balaban J connectivity index is 1.46. The van der Waals surface area contributed by atoms with Crippen LogP contribution < -0.4 is 10.2 Å². The highest BCUT2D eigenvalue weighted by atomic mass is 35.5. The fraction of sp³-hybridized carbons (Fsp3) is 0.500. The third-order valence-corrected chi connectivity index (χ3v) is 6.28. The number of benzene rings is 1. The van der Waals surface area contributed by atoms with Gasteiger partial charge in [-0.05, 0) is 37.0 Å². The summed E-state index contributed by atoms with van der Waals surface area (Å²) < 4.78 is 74.7. The highest BCUT2D eigenvalue weighted by Crippen LogP contribution is 2.51. The number of halogens is 6. The van der Waals surface area contributed by atoms with E-state index in [2.05, 4.69) is 15.3 Å². The molecule has 2 aliphatic rings. The second kappa shape index (κ2) is 8.38. The van der Waals surface area contributed by atoms with E-state index in [1.54, 1.807) is 0 Å². The molecule has 0 atom stereocenters. The quantitative estimate of drug-likeness (QED) is 0.525. The van der Waals surface area contributed by atoms with E-state index in [-0.39, 0.29) is 67.8 Å². The Kier molecular flexibility index (Phi) is 5.95. The van der Waals surface area contributed by atoms with Gasteiger partial charge in [0.25, 0.3) is 5.92 Å². The zero-order valence-corrected chi connectivity index (χ0v) is 17.2. The first-order valence-electron chi connectivity index (χ1n) is 9.81. The van der Waals surface area contributed by atoms with Crippen LogP contribution in [0, 0.1) is 22.9 Å². The summed E-state index contributed by atoms with van der Waals surface area (Å²) in [7, 11) is 0. The average molecular weight is 463 g/mol. The van der Waals surface area contributed by atoms with Crippen molar-refractivity contribution in [3.05, 3.63) is 46.5 Å². The molecule has 5 nitrogen and oxygen atoms in total. The van der Waals surface area contributed by atoms with Gasteiger partial charge >= 0.3 is 0 Å². The van der Waals surface area contributed by atoms with Crippen molar-refractivity contribution in [3.63, 3.8) is 0 Å². The topological polar surface area (TPSA) is 50.3 Å². The van der Waals surface area contributed by atoms with Crippen molar-refractivity contribution in [3.8, 4) is 0 Å². The SMILES string of the molecule is Fc1cc(CCNc2ncnc(N3CC(F)(F)C4(CCOCC4)C3)c2Cl)cc(F)c1F. The Hall–Kier alpha value is -2.20. The Morgan fingerprint density at radius 2 is 1.74 bits per heavy atom. The number of aromatic nitrogens is 2. The maximum atomic E-state index is 14.8. The van der Waals surface area contributed by atoms with Gasteiger partial charge in [-0.3, -0.25) is 0 Å². The molecule has 1 aromatic carbocycles. The van der Waals surface area contributed by atoms with Gasteiger partial charge in [0.05, 0.1) is 12.0 Å². The van der Waals surface area contributed by atoms with Crippen LogP contribution in [0.5, 0.6) is 0 Å². The molecule has 31 heavy (non-hydrogen) atoms. The van der Waals surface area contributed by atoms with Crippen LogP contribution in [0.2, 0.25) is 5.02 Å². The largest absolute Gasteiger partial charge is 0.381 e. The first-order chi connectivity index (χ1) is 14.7. The molecule has 0 saturated carbocycles. The van der Waals surface area contributed by atoms with Crippen molar-refractivity contribution in [2.24, 2.45) is 5.41 Å². The van der Waals surface area contributed by atoms with Gasteiger partial charge in [0.1, 0.15) is 17.2 Å². The number of hydrogen-bond donors (Lipinski definition) is 1. The number of hydrogen-bond acceptors (Lipinski definition) is 5. The van der Waals surface area contributed by atoms with Crippen molar-refractivity contribution in [2.75, 3.05) is 43.1 Å². The smallest absolute Gasteiger partial charge is 0.272 e. The standard InChI is InChI=1S/C20H20ClF5N4O/c21-15-17(27-4-1-12-7-13(22)16(24)14(23)8-12)28-11-29-18(15)30-9-19(20(25,26)10-30)2-5-31-6-3-19/h7-8,11H,1-6,9-10H2,(H,27,28,29). The lowest BCUT2D eigenvalue weighted by Gasteiger charge is -2.37. The molecule has 1 aromatic heterocycles. The van der Waals surface area contributed by atoms with E-state index < -0.39 is 35.3 Å². The van der Waals surface area contributed by atoms with E-state index in [0.29, 0.717) is 0 Å². The lowest BCUT2D eigenvalue weighted by Crippen LogP contribution is -2.44. The molecule has 0 unspecified atom stereocenters. The Bertz CT molecular complexity index is 948. The molecular weight excluding hydrogens is 443 g/mol. The summed E-state index contributed by atoms with van der Waals surface area (Å²) in [5.41, 5.74) is -0.931. The van der Waals surface area contributed by atoms with Crippen LogP contribution in [0.1, 0.15) is 18.4 Å². The normalized spacial score (nSPS) is 19.7. The van der Waals surface area contributed by atoms with Gasteiger partial charge in [-0.25, -0.2) is 31.9 Å². The van der Waals surface area contributed by atoms with Crippen LogP contribution in [0.25, 0.3) is 0 Å². The summed E-state index contributed by atoms with van der Waals surface area (Å²) in [6.45, 7) is 0.361. The lowest BCUT2D eigenvalue weighted by molar-refractivity contribution is -0.128. The van der Waals surface area contributed by atoms with E-state index >= 15 is 0 Å². The molecule has 1 spiro atoms. The first-order valence-corrected chi connectivity index (χ1v) is 10.2. The van der Waals surface area contributed by atoms with Crippen molar-refractivity contribution >= 4 is 23.2 Å². The molecular formula is C20H20ClF5N4O. The molecule has 2 aromatic rings. The Labute approximate surface area is 180 Å². The number of anilines is 2. The Morgan fingerprint density at radius 3 is 2.42 bits per heavy atom. The summed E-state index contributed by atoms with van der Waals surface area (Å²) in [6.07, 6.45) is 1.90. The number of nitrogens with zero attached hydrogens (tertiary/aromatic N) is 3. The van der Waals surface area contributed by atoms with Gasteiger partial charge in [0, 0.05) is 26.3 Å². The summed E-state index contributed by atoms with van der Waals surface area (Å²) in [6, 6.07) is 1.82. The van der Waals surface area contributed by atoms with E-state index in [0.717, 1.165) is 12.1 Å². The highest BCUT2D eigenvalue weighted by molar-refractivity contribution is 6.35. The molecule has 168 valence electrons. The third kappa shape index (κ3) is 4.15. The predicted molar refractivity (Wildman–Crippen MR) is 105 cm³/mol. The summed E-state index contributed by atoms with van der Waals surface area (Å²) >= 11 is 6.39. The van der Waals surface area contributed by atoms with Crippen molar-refractivity contribution in [1.82, 2.24) is 9.97 Å². The van der Waals surface area contributed by atoms with Gasteiger partial charge in [0.2, 0.25) is 0 Å². The summed E-state index contributed by atoms with van der Waals surface area (Å²) in [5.74, 6) is -6.56. The summed E-state index contributed by atoms with van der Waals surface area (Å²) in [4.78, 5) is 9.60. The maximum Gasteiger partial charge on any atom is 0.272 e. The highest BCUT2D eigenvalue weighted by Gasteiger charge is 2.60. The minimum Gasteiger partial charge on any atom is -0.381 e. The molecule has 4 rings (SSSR count). The second-order valence-corrected chi connectivity index (χ2v) is 8.24. The third-order valence-electron chi connectivity index (χ3n) is 5.93. The van der Waals surface area contributed by atoms with Crippen LogP contribution in [0.4, 0.5) is 33.6 Å². The van der Waals surface area contributed by atoms with Crippen molar-refractivity contribution in [1.29, 1.82) is 0 Å². The minimum absolute atomic E-state index is 0.0823. The molecule has 2 aliphatic heterocycles. The van der Waals surface area contributed by atoms with Crippen LogP contribution in [0.15, 0.2) is 18.5 Å². The average Bonchev–Trinajstić information content (AvgIpc) is 2.97. The first kappa shape index (κ1) is 22.0. The van der Waals surface area contributed by atoms with Gasteiger partial charge in [-0.2, -0.15) is 0 Å². The van der Waals surface area contributed by atoms with Gasteiger partial charge in [-0.1, -0.05) is 11.6 Å². The van der Waals surface area contributed by atoms with Gasteiger partial charge < -0.3 is 15.0 Å². The zero-order valence-electron chi connectivity index (χ0n) is 16.4. The Morgan fingerprint density at radius 1 is 1.06 bits per heavy atom. The molecule has 11 heteroatoms. The maximum absolute atomic E-state index is 14.8. The van der Waals surface area contributed by atoms with Gasteiger partial charge in [-0.15, -0.1) is 0 Å². The second-order valence-electron chi connectivity index (χ2n) is 7.86. The fourth-order valence-corrected chi connectivity index (χ4v) is 4.45. The molecule has 0 amide bonds. The molecule has 2 fully saturated rings. The number of nitrogens with one attached hydrogen (secondary N) is 1. The zero-order chi connectivity index (χ0) is 22.2. The molecule has 2 saturated heterocycles. The molecule has 1 N–H and O–H groups in total. The van der Waals surface area contributed by atoms with Crippen LogP contribution in [0.3, 0.4) is 0 Å². The monoisotopic (exact) mass is 462 g/mol. The lowest BCUT2D eigenvalue weighted by atomic mass is 9.77. The number of rotatable bonds is 5. The predicted octanol–water partition coefficient (Wildman–Crippen LogP) is 4.45. The fourth-order valence-electron chi connectivity index (χ4n) is 4.16. The molecule has 3 heterocycles. The summed E-state index contributed by atoms with van der Waals surface area (Å²) in [5, 5.41) is 3.00. The van der Waals surface area contributed by atoms with Crippen LogP contribution in [-0.2, 0) is 11.2 Å². The molecule has 0 bridgehead atoms. The van der Waals surface area contributed by atoms with Gasteiger partial charge in [0.15, 0.2) is 23.3 Å². The van der Waals surface area contributed by atoms with E-state index in [9.17, 15) is 22.0 Å². The number of ether oxygens (including phenoxy) is 1. The van der Waals surface area contributed by atoms with E-state index in [4.69, 9.17) is 16.3 Å². The van der Waals surface area contributed by atoms with E-state index in [1.165, 1.54) is 11.2 Å². The van der Waals surface area contributed by atoms with Crippen molar-refractivity contribution in [2.45, 2.75) is 25.2 Å². The van der Waals surface area contributed by atoms with Crippen LogP contribution in [-0.4, -0.2) is 48.7 Å². The minimum atomic E-state index is -2.91. The molecule has 0 radical (unpaired) electrons. The number of alkyl halides is 2. The van der Waals surface area contributed by atoms with Crippen molar-refractivity contribution < 1.29 is 26.7 Å². The van der Waals surface area contributed by atoms with E-state index in [1.807, 2.05) is 0 Å². The van der Waals surface area contributed by atoms with Crippen LogP contribution >= 0.6 is 11.6 Å².